The molecule has 1 atom stereocenters. The molecule has 192 valence electrons. The molecule has 7 nitrogen and oxygen atoms in total. The van der Waals surface area contributed by atoms with Gasteiger partial charge in [-0.2, -0.15) is 0 Å². The van der Waals surface area contributed by atoms with Gasteiger partial charge in [-0.05, 0) is 48.9 Å². The topological polar surface area (TPSA) is 86.8 Å². The monoisotopic (exact) mass is 501 g/mol. The molecule has 0 radical (unpaired) electrons. The van der Waals surface area contributed by atoms with Crippen LogP contribution in [0.15, 0.2) is 48.5 Å². The Morgan fingerprint density at radius 3 is 2.11 bits per heavy atom. The SMILES string of the molecule is Cc1cccc(CN(C(=O)CN(c2ccc(C(C)C)cc2)S(C)(=O)=O)[C@H](C)C(=O)NCC(C)C)c1. The maximum atomic E-state index is 13.6. The van der Waals surface area contributed by atoms with Crippen LogP contribution in [0.4, 0.5) is 5.69 Å². The standard InChI is InChI=1S/C27H39N3O4S/c1-19(2)16-28-27(32)22(6)29(17-23-10-8-9-21(5)15-23)26(31)18-30(35(7,33)34)25-13-11-24(12-14-25)20(3)4/h8-15,19-20,22H,16-18H2,1-7H3,(H,28,32)/t22-/m1/s1. The van der Waals surface area contributed by atoms with Gasteiger partial charge in [0, 0.05) is 13.1 Å². The van der Waals surface area contributed by atoms with Gasteiger partial charge in [-0.1, -0.05) is 69.7 Å². The highest BCUT2D eigenvalue weighted by Crippen LogP contribution is 2.23. The number of sulfonamides is 1. The second-order valence-corrected chi connectivity index (χ2v) is 11.7. The van der Waals surface area contributed by atoms with Gasteiger partial charge in [0.1, 0.15) is 12.6 Å². The molecule has 0 aromatic heterocycles. The average molecular weight is 502 g/mol. The van der Waals surface area contributed by atoms with Crippen molar-refractivity contribution in [2.75, 3.05) is 23.7 Å². The average Bonchev–Trinajstić information content (AvgIpc) is 2.78. The van der Waals surface area contributed by atoms with E-state index in [4.69, 9.17) is 0 Å². The van der Waals surface area contributed by atoms with Crippen LogP contribution in [-0.2, 0) is 26.2 Å². The number of carbonyl (C=O) groups is 2. The molecule has 8 heteroatoms. The number of nitrogens with one attached hydrogen (secondary N) is 1. The molecule has 0 heterocycles. The zero-order valence-electron chi connectivity index (χ0n) is 21.9. The summed E-state index contributed by atoms with van der Waals surface area (Å²) in [7, 11) is -3.74. The van der Waals surface area contributed by atoms with E-state index in [1.165, 1.54) is 4.90 Å². The fourth-order valence-electron chi connectivity index (χ4n) is 3.68. The molecule has 0 aliphatic rings. The maximum absolute atomic E-state index is 13.6. The van der Waals surface area contributed by atoms with E-state index in [1.54, 1.807) is 19.1 Å². The number of benzene rings is 2. The van der Waals surface area contributed by atoms with Crippen LogP contribution in [-0.4, -0.2) is 50.5 Å². The number of rotatable bonds is 11. The van der Waals surface area contributed by atoms with Crippen LogP contribution in [0, 0.1) is 12.8 Å². The summed E-state index contributed by atoms with van der Waals surface area (Å²) < 4.78 is 26.4. The highest BCUT2D eigenvalue weighted by atomic mass is 32.2. The lowest BCUT2D eigenvalue weighted by atomic mass is 10.0. The second kappa shape index (κ2) is 12.2. The van der Waals surface area contributed by atoms with Crippen LogP contribution in [0.25, 0.3) is 0 Å². The summed E-state index contributed by atoms with van der Waals surface area (Å²) in [6.45, 7) is 12.0. The Morgan fingerprint density at radius 1 is 0.971 bits per heavy atom. The molecule has 2 amide bonds. The van der Waals surface area contributed by atoms with Crippen LogP contribution in [0.5, 0.6) is 0 Å². The Labute approximate surface area is 210 Å². The van der Waals surface area contributed by atoms with Gasteiger partial charge in [0.2, 0.25) is 21.8 Å². The largest absolute Gasteiger partial charge is 0.354 e. The Morgan fingerprint density at radius 2 is 1.60 bits per heavy atom. The van der Waals surface area contributed by atoms with Crippen LogP contribution < -0.4 is 9.62 Å². The summed E-state index contributed by atoms with van der Waals surface area (Å²) in [5.74, 6) is -0.155. The third kappa shape index (κ3) is 8.38. The molecule has 2 aromatic rings. The van der Waals surface area contributed by atoms with Crippen LogP contribution >= 0.6 is 0 Å². The quantitative estimate of drug-likeness (QED) is 0.503. The molecule has 0 saturated heterocycles. The third-order valence-corrected chi connectivity index (χ3v) is 6.95. The molecule has 35 heavy (non-hydrogen) atoms. The van der Waals surface area contributed by atoms with E-state index in [0.717, 1.165) is 27.3 Å². The molecule has 0 bridgehead atoms. The van der Waals surface area contributed by atoms with Gasteiger partial charge < -0.3 is 10.2 Å². The van der Waals surface area contributed by atoms with E-state index < -0.39 is 28.5 Å². The van der Waals surface area contributed by atoms with Crippen molar-refractivity contribution in [1.29, 1.82) is 0 Å². The minimum absolute atomic E-state index is 0.195. The molecule has 0 unspecified atom stereocenters. The minimum Gasteiger partial charge on any atom is -0.354 e. The van der Waals surface area contributed by atoms with Crippen LogP contribution in [0.1, 0.15) is 57.2 Å². The van der Waals surface area contributed by atoms with E-state index in [0.29, 0.717) is 18.2 Å². The smallest absolute Gasteiger partial charge is 0.244 e. The molecular formula is C27H39N3O4S. The number of hydrogen-bond acceptors (Lipinski definition) is 4. The summed E-state index contributed by atoms with van der Waals surface area (Å²) in [4.78, 5) is 27.9. The Bertz CT molecular complexity index is 1110. The van der Waals surface area contributed by atoms with Gasteiger partial charge >= 0.3 is 0 Å². The van der Waals surface area contributed by atoms with Crippen molar-refractivity contribution in [3.8, 4) is 0 Å². The van der Waals surface area contributed by atoms with Crippen molar-refractivity contribution >= 4 is 27.5 Å². The summed E-state index contributed by atoms with van der Waals surface area (Å²) in [6.07, 6.45) is 1.08. The molecular weight excluding hydrogens is 462 g/mol. The zero-order chi connectivity index (χ0) is 26.3. The van der Waals surface area contributed by atoms with Crippen molar-refractivity contribution in [2.24, 2.45) is 5.92 Å². The lowest BCUT2D eigenvalue weighted by Gasteiger charge is -2.31. The highest BCUT2D eigenvalue weighted by molar-refractivity contribution is 7.92. The molecule has 0 spiro atoms. The van der Waals surface area contributed by atoms with Crippen LogP contribution in [0.3, 0.4) is 0 Å². The van der Waals surface area contributed by atoms with Gasteiger partial charge in [-0.25, -0.2) is 8.42 Å². The fourth-order valence-corrected chi connectivity index (χ4v) is 4.53. The Hall–Kier alpha value is -2.87. The summed E-state index contributed by atoms with van der Waals surface area (Å²) in [6, 6.07) is 14.1. The minimum atomic E-state index is -3.74. The van der Waals surface area contributed by atoms with E-state index in [9.17, 15) is 18.0 Å². The highest BCUT2D eigenvalue weighted by Gasteiger charge is 2.30. The van der Waals surface area contributed by atoms with Gasteiger partial charge in [0.25, 0.3) is 0 Å². The molecule has 2 aromatic carbocycles. The molecule has 0 aliphatic carbocycles. The van der Waals surface area contributed by atoms with Crippen molar-refractivity contribution in [3.63, 3.8) is 0 Å². The Kier molecular flexibility index (Phi) is 9.89. The number of carbonyl (C=O) groups excluding carboxylic acids is 2. The molecule has 0 saturated carbocycles. The zero-order valence-corrected chi connectivity index (χ0v) is 22.7. The van der Waals surface area contributed by atoms with Crippen molar-refractivity contribution in [2.45, 2.75) is 60.0 Å². The number of hydrogen-bond donors (Lipinski definition) is 1. The predicted molar refractivity (Wildman–Crippen MR) is 142 cm³/mol. The first-order valence-electron chi connectivity index (χ1n) is 12.0. The van der Waals surface area contributed by atoms with E-state index in [-0.39, 0.29) is 18.4 Å². The maximum Gasteiger partial charge on any atom is 0.244 e. The lowest BCUT2D eigenvalue weighted by Crippen LogP contribution is -2.51. The fraction of sp³-hybridized carbons (Fsp3) is 0.481. The lowest BCUT2D eigenvalue weighted by molar-refractivity contribution is -0.139. The number of anilines is 1. The molecule has 0 aliphatic heterocycles. The van der Waals surface area contributed by atoms with Crippen molar-refractivity contribution in [3.05, 3.63) is 65.2 Å². The number of amides is 2. The molecule has 0 fully saturated rings. The first kappa shape index (κ1) is 28.4. The third-order valence-electron chi connectivity index (χ3n) is 5.81. The van der Waals surface area contributed by atoms with Crippen LogP contribution in [0.2, 0.25) is 0 Å². The normalized spacial score (nSPS) is 12.5. The van der Waals surface area contributed by atoms with Crippen molar-refractivity contribution < 1.29 is 18.0 Å². The predicted octanol–water partition coefficient (Wildman–Crippen LogP) is 4.07. The van der Waals surface area contributed by atoms with Gasteiger partial charge in [-0.3, -0.25) is 13.9 Å². The van der Waals surface area contributed by atoms with E-state index in [2.05, 4.69) is 19.2 Å². The molecule has 1 N–H and O–H groups in total. The number of nitrogens with zero attached hydrogens (tertiary/aromatic N) is 2. The van der Waals surface area contributed by atoms with Gasteiger partial charge in [0.05, 0.1) is 11.9 Å². The van der Waals surface area contributed by atoms with E-state index in [1.807, 2.05) is 57.2 Å². The van der Waals surface area contributed by atoms with Gasteiger partial charge in [-0.15, -0.1) is 0 Å². The van der Waals surface area contributed by atoms with Gasteiger partial charge in [0.15, 0.2) is 0 Å². The Balaban J connectivity index is 2.36. The van der Waals surface area contributed by atoms with E-state index >= 15 is 0 Å². The first-order valence-corrected chi connectivity index (χ1v) is 13.8. The van der Waals surface area contributed by atoms with Crippen molar-refractivity contribution in [1.82, 2.24) is 10.2 Å². The summed E-state index contributed by atoms with van der Waals surface area (Å²) in [5, 5.41) is 2.88. The number of aryl methyl sites for hydroxylation is 1. The molecule has 2 rings (SSSR count). The first-order chi connectivity index (χ1) is 16.3. The second-order valence-electron chi connectivity index (χ2n) is 9.84. The summed E-state index contributed by atoms with van der Waals surface area (Å²) in [5.41, 5.74) is 3.39. The summed E-state index contributed by atoms with van der Waals surface area (Å²) >= 11 is 0.